The predicted molar refractivity (Wildman–Crippen MR) is 117 cm³/mol. The molecule has 6 heteroatoms. The molecule has 3 atom stereocenters. The lowest BCUT2D eigenvalue weighted by Gasteiger charge is -2.45. The van der Waals surface area contributed by atoms with E-state index in [9.17, 15) is 9.59 Å². The molecule has 2 aromatic carbocycles. The number of benzene rings is 2. The van der Waals surface area contributed by atoms with Gasteiger partial charge in [-0.3, -0.25) is 10.1 Å². The van der Waals surface area contributed by atoms with Crippen LogP contribution in [0.2, 0.25) is 0 Å². The number of likely N-dealkylation sites (tertiary alicyclic amines) is 1. The number of rotatable bonds is 3. The van der Waals surface area contributed by atoms with Gasteiger partial charge in [-0.1, -0.05) is 30.3 Å². The van der Waals surface area contributed by atoms with E-state index >= 15 is 0 Å². The second-order valence-corrected chi connectivity index (χ2v) is 8.53. The molecular formula is C24H26N4O2. The first-order valence-electron chi connectivity index (χ1n) is 10.5. The zero-order valence-electron chi connectivity index (χ0n) is 17.0. The van der Waals surface area contributed by atoms with E-state index in [0.717, 1.165) is 19.4 Å². The largest absolute Gasteiger partial charge is 0.361 e. The average molecular weight is 402 g/mol. The molecule has 3 N–H and O–H groups in total. The molecule has 3 aromatic rings. The van der Waals surface area contributed by atoms with Gasteiger partial charge in [-0.2, -0.15) is 0 Å². The van der Waals surface area contributed by atoms with Crippen LogP contribution in [-0.4, -0.2) is 48.0 Å². The molecule has 1 fully saturated rings. The van der Waals surface area contributed by atoms with Gasteiger partial charge in [0.15, 0.2) is 0 Å². The van der Waals surface area contributed by atoms with Crippen LogP contribution in [0.15, 0.2) is 54.7 Å². The first-order valence-corrected chi connectivity index (χ1v) is 10.5. The first-order chi connectivity index (χ1) is 14.6. The number of amides is 3. The molecule has 0 spiro atoms. The van der Waals surface area contributed by atoms with Gasteiger partial charge in [0.1, 0.15) is 0 Å². The number of urea groups is 1. The monoisotopic (exact) mass is 402 g/mol. The molecular weight excluding hydrogens is 376 g/mol. The van der Waals surface area contributed by atoms with Gasteiger partial charge in [0, 0.05) is 47.7 Å². The van der Waals surface area contributed by atoms with E-state index in [2.05, 4.69) is 52.0 Å². The lowest BCUT2D eigenvalue weighted by atomic mass is 9.72. The summed E-state index contributed by atoms with van der Waals surface area (Å²) in [6.07, 6.45) is 4.25. The number of fused-ring (bicyclic) bond motifs is 2. The number of aromatic nitrogens is 1. The Morgan fingerprint density at radius 2 is 1.97 bits per heavy atom. The summed E-state index contributed by atoms with van der Waals surface area (Å²) in [4.78, 5) is 30.3. The van der Waals surface area contributed by atoms with E-state index in [1.807, 2.05) is 6.07 Å². The van der Waals surface area contributed by atoms with Gasteiger partial charge >= 0.3 is 6.03 Å². The van der Waals surface area contributed by atoms with Crippen molar-refractivity contribution in [3.8, 4) is 0 Å². The van der Waals surface area contributed by atoms with Crippen molar-refractivity contribution >= 4 is 22.8 Å². The highest BCUT2D eigenvalue weighted by atomic mass is 16.2. The fraction of sp³-hybridized carbons (Fsp3) is 0.333. The van der Waals surface area contributed by atoms with E-state index in [1.165, 1.54) is 22.0 Å². The third kappa shape index (κ3) is 3.37. The zero-order chi connectivity index (χ0) is 20.7. The molecule has 2 aliphatic rings. The van der Waals surface area contributed by atoms with E-state index < -0.39 is 6.03 Å². The molecule has 1 aromatic heterocycles. The summed E-state index contributed by atoms with van der Waals surface area (Å²) < 4.78 is 0. The number of nitrogens with one attached hydrogen (secondary N) is 3. The smallest absolute Gasteiger partial charge is 0.321 e. The Morgan fingerprint density at radius 1 is 1.13 bits per heavy atom. The Labute approximate surface area is 175 Å². The van der Waals surface area contributed by atoms with Crippen LogP contribution in [0.25, 0.3) is 10.9 Å². The van der Waals surface area contributed by atoms with Crippen LogP contribution >= 0.6 is 0 Å². The van der Waals surface area contributed by atoms with E-state index in [-0.39, 0.29) is 5.91 Å². The van der Waals surface area contributed by atoms with Gasteiger partial charge in [-0.05, 0) is 55.1 Å². The van der Waals surface area contributed by atoms with Crippen LogP contribution in [0.3, 0.4) is 0 Å². The van der Waals surface area contributed by atoms with E-state index in [0.29, 0.717) is 30.0 Å². The van der Waals surface area contributed by atoms with Crippen LogP contribution in [-0.2, 0) is 6.42 Å². The number of hydrogen-bond donors (Lipinski definition) is 3. The Kier molecular flexibility index (Phi) is 4.79. The van der Waals surface area contributed by atoms with E-state index in [1.54, 1.807) is 24.3 Å². The molecule has 0 unspecified atom stereocenters. The summed E-state index contributed by atoms with van der Waals surface area (Å²) in [6, 6.07) is 15.4. The van der Waals surface area contributed by atoms with Crippen LogP contribution in [0.5, 0.6) is 0 Å². The Bertz CT molecular complexity index is 1090. The van der Waals surface area contributed by atoms with Crippen molar-refractivity contribution in [2.75, 3.05) is 20.1 Å². The molecule has 5 rings (SSSR count). The van der Waals surface area contributed by atoms with Crippen molar-refractivity contribution in [1.29, 1.82) is 0 Å². The maximum atomic E-state index is 12.3. The Balaban J connectivity index is 1.25. The van der Waals surface area contributed by atoms with Crippen LogP contribution < -0.4 is 10.6 Å². The minimum atomic E-state index is -0.438. The SMILES string of the molecule is CN1C[C@@H](CNC(=O)NC(=O)c2ccccc2)C[C@H]2c3cccc4[nH]cc(c34)C[C@H]21. The van der Waals surface area contributed by atoms with Crippen molar-refractivity contribution in [3.05, 3.63) is 71.4 Å². The Hall–Kier alpha value is -3.12. The second kappa shape index (κ2) is 7.61. The van der Waals surface area contributed by atoms with Gasteiger partial charge in [-0.15, -0.1) is 0 Å². The number of hydrogen-bond acceptors (Lipinski definition) is 3. The van der Waals surface area contributed by atoms with Crippen molar-refractivity contribution in [2.45, 2.75) is 24.8 Å². The molecule has 1 aliphatic heterocycles. The molecule has 6 nitrogen and oxygen atoms in total. The quantitative estimate of drug-likeness (QED) is 0.629. The summed E-state index contributed by atoms with van der Waals surface area (Å²) in [6.45, 7) is 1.49. The number of piperidine rings is 1. The number of carbonyl (C=O) groups excluding carboxylic acids is 2. The molecule has 0 radical (unpaired) electrons. The number of aromatic amines is 1. The minimum absolute atomic E-state index is 0.338. The van der Waals surface area contributed by atoms with Crippen LogP contribution in [0, 0.1) is 5.92 Å². The van der Waals surface area contributed by atoms with Gasteiger partial charge in [0.05, 0.1) is 0 Å². The highest BCUT2D eigenvalue weighted by molar-refractivity contribution is 6.04. The highest BCUT2D eigenvalue weighted by Crippen LogP contribution is 2.44. The van der Waals surface area contributed by atoms with Crippen LogP contribution in [0.4, 0.5) is 4.79 Å². The van der Waals surface area contributed by atoms with Crippen molar-refractivity contribution < 1.29 is 9.59 Å². The lowest BCUT2D eigenvalue weighted by Crippen LogP contribution is -2.51. The van der Waals surface area contributed by atoms with Gasteiger partial charge < -0.3 is 15.2 Å². The molecule has 0 saturated carbocycles. The number of imide groups is 1. The lowest BCUT2D eigenvalue weighted by molar-refractivity contribution is 0.0959. The molecule has 0 bridgehead atoms. The molecule has 1 saturated heterocycles. The molecule has 30 heavy (non-hydrogen) atoms. The number of carbonyl (C=O) groups is 2. The van der Waals surface area contributed by atoms with Crippen molar-refractivity contribution in [3.63, 3.8) is 0 Å². The fourth-order valence-corrected chi connectivity index (χ4v) is 5.25. The number of H-pyrrole nitrogens is 1. The molecule has 2 heterocycles. The van der Waals surface area contributed by atoms with Gasteiger partial charge in [0.2, 0.25) is 0 Å². The zero-order valence-corrected chi connectivity index (χ0v) is 17.0. The number of nitrogens with zero attached hydrogens (tertiary/aromatic N) is 1. The highest BCUT2D eigenvalue weighted by Gasteiger charge is 2.39. The summed E-state index contributed by atoms with van der Waals surface area (Å²) in [5.74, 6) is 0.411. The fourth-order valence-electron chi connectivity index (χ4n) is 5.25. The maximum absolute atomic E-state index is 12.3. The second-order valence-electron chi connectivity index (χ2n) is 8.53. The minimum Gasteiger partial charge on any atom is -0.361 e. The first kappa shape index (κ1) is 18.9. The van der Waals surface area contributed by atoms with Crippen molar-refractivity contribution in [2.24, 2.45) is 5.92 Å². The molecule has 1 aliphatic carbocycles. The normalized spacial score (nSPS) is 23.0. The third-order valence-electron chi connectivity index (χ3n) is 6.63. The van der Waals surface area contributed by atoms with E-state index in [4.69, 9.17) is 0 Å². The Morgan fingerprint density at radius 3 is 2.80 bits per heavy atom. The summed E-state index contributed by atoms with van der Waals surface area (Å²) in [5, 5.41) is 6.71. The van der Waals surface area contributed by atoms with Crippen molar-refractivity contribution in [1.82, 2.24) is 20.5 Å². The predicted octanol–water partition coefficient (Wildman–Crippen LogP) is 3.27. The van der Waals surface area contributed by atoms with Gasteiger partial charge in [0.25, 0.3) is 5.91 Å². The maximum Gasteiger partial charge on any atom is 0.321 e. The third-order valence-corrected chi connectivity index (χ3v) is 6.63. The standard InChI is InChI=1S/C24H26N4O2/c1-28-14-15(12-26-24(30)27-23(29)16-6-3-2-4-7-16)10-19-18-8-5-9-20-22(18)17(13-25-20)11-21(19)28/h2-9,13,15,19,21,25H,10-12,14H2,1H3,(H2,26,27,29,30)/t15-,19+,21-/m1/s1. The average Bonchev–Trinajstić information content (AvgIpc) is 3.18. The molecule has 3 amide bonds. The summed E-state index contributed by atoms with van der Waals surface area (Å²) >= 11 is 0. The molecule has 154 valence electrons. The van der Waals surface area contributed by atoms with Crippen LogP contribution in [0.1, 0.15) is 33.8 Å². The summed E-state index contributed by atoms with van der Waals surface area (Å²) in [7, 11) is 2.18. The van der Waals surface area contributed by atoms with Gasteiger partial charge in [-0.25, -0.2) is 4.79 Å². The number of likely N-dealkylation sites (N-methyl/N-ethyl adjacent to an activating group) is 1. The topological polar surface area (TPSA) is 77.2 Å². The summed E-state index contributed by atoms with van der Waals surface area (Å²) in [5.41, 5.74) is 4.51.